The number of ether oxygens (including phenoxy) is 2. The summed E-state index contributed by atoms with van der Waals surface area (Å²) in [6.07, 6.45) is 9.77. The number of hydrogen-bond donors (Lipinski definition) is 0. The Bertz CT molecular complexity index is 805. The van der Waals surface area contributed by atoms with Crippen LogP contribution in [0.15, 0.2) is 36.7 Å². The van der Waals surface area contributed by atoms with Crippen LogP contribution in [0.2, 0.25) is 0 Å². The van der Waals surface area contributed by atoms with Crippen molar-refractivity contribution in [3.05, 3.63) is 36.7 Å². The molecule has 1 aliphatic carbocycles. The Morgan fingerprint density at radius 1 is 1.20 bits per heavy atom. The SMILES string of the molecule is CCOc1ccc(N2CCN(CC=O)[C@@H](Cn3cccn3)C2)cc1OC1CCCC1. The maximum absolute atomic E-state index is 11.2. The van der Waals surface area contributed by atoms with Crippen LogP contribution in [-0.2, 0) is 11.3 Å². The van der Waals surface area contributed by atoms with Crippen LogP contribution in [0, 0.1) is 0 Å². The minimum atomic E-state index is 0.217. The fourth-order valence-electron chi connectivity index (χ4n) is 4.51. The van der Waals surface area contributed by atoms with Crippen LogP contribution in [0.5, 0.6) is 11.5 Å². The van der Waals surface area contributed by atoms with Gasteiger partial charge in [0.05, 0.1) is 25.8 Å². The number of aldehydes is 1. The van der Waals surface area contributed by atoms with Crippen LogP contribution in [0.25, 0.3) is 0 Å². The van der Waals surface area contributed by atoms with E-state index in [-0.39, 0.29) is 12.1 Å². The summed E-state index contributed by atoms with van der Waals surface area (Å²) in [5.41, 5.74) is 1.14. The molecule has 30 heavy (non-hydrogen) atoms. The zero-order valence-electron chi connectivity index (χ0n) is 17.8. The molecule has 7 heteroatoms. The van der Waals surface area contributed by atoms with E-state index in [1.54, 1.807) is 6.20 Å². The number of carbonyl (C=O) groups is 1. The lowest BCUT2D eigenvalue weighted by molar-refractivity contribution is -0.109. The molecule has 1 aromatic carbocycles. The molecular formula is C23H32N4O3. The van der Waals surface area contributed by atoms with Crippen molar-refractivity contribution in [1.82, 2.24) is 14.7 Å². The average molecular weight is 413 g/mol. The zero-order chi connectivity index (χ0) is 20.8. The monoisotopic (exact) mass is 412 g/mol. The molecule has 0 spiro atoms. The number of piperazine rings is 1. The second kappa shape index (κ2) is 9.98. The summed E-state index contributed by atoms with van der Waals surface area (Å²) in [4.78, 5) is 15.8. The Kier molecular flexibility index (Phi) is 6.89. The molecule has 4 rings (SSSR count). The van der Waals surface area contributed by atoms with E-state index in [1.807, 2.05) is 29.9 Å². The first-order valence-electron chi connectivity index (χ1n) is 11.1. The van der Waals surface area contributed by atoms with Crippen molar-refractivity contribution in [2.45, 2.75) is 51.3 Å². The molecule has 1 atom stereocenters. The van der Waals surface area contributed by atoms with E-state index in [4.69, 9.17) is 9.47 Å². The molecule has 0 radical (unpaired) electrons. The molecule has 0 amide bonds. The summed E-state index contributed by atoms with van der Waals surface area (Å²) in [5, 5.41) is 4.35. The summed E-state index contributed by atoms with van der Waals surface area (Å²) < 4.78 is 14.1. The highest BCUT2D eigenvalue weighted by molar-refractivity contribution is 5.57. The highest BCUT2D eigenvalue weighted by Gasteiger charge is 2.28. The van der Waals surface area contributed by atoms with Crippen molar-refractivity contribution in [2.75, 3.05) is 37.7 Å². The maximum atomic E-state index is 11.2. The van der Waals surface area contributed by atoms with Gasteiger partial charge in [0.25, 0.3) is 0 Å². The molecule has 1 aliphatic heterocycles. The molecule has 7 nitrogen and oxygen atoms in total. The highest BCUT2D eigenvalue weighted by Crippen LogP contribution is 2.36. The molecule has 2 aliphatic rings. The summed E-state index contributed by atoms with van der Waals surface area (Å²) in [6, 6.07) is 8.43. The Morgan fingerprint density at radius 2 is 2.07 bits per heavy atom. The first kappa shape index (κ1) is 20.7. The van der Waals surface area contributed by atoms with E-state index < -0.39 is 0 Å². The third kappa shape index (κ3) is 4.95. The predicted octanol–water partition coefficient (Wildman–Crippen LogP) is 2.99. The highest BCUT2D eigenvalue weighted by atomic mass is 16.5. The molecule has 0 N–H and O–H groups in total. The van der Waals surface area contributed by atoms with E-state index in [0.29, 0.717) is 13.2 Å². The van der Waals surface area contributed by atoms with Gasteiger partial charge in [0, 0.05) is 49.8 Å². The second-order valence-electron chi connectivity index (χ2n) is 8.08. The molecule has 162 valence electrons. The number of anilines is 1. The summed E-state index contributed by atoms with van der Waals surface area (Å²) >= 11 is 0. The fraction of sp³-hybridized carbons (Fsp3) is 0.565. The lowest BCUT2D eigenvalue weighted by Crippen LogP contribution is -2.55. The van der Waals surface area contributed by atoms with Crippen molar-refractivity contribution in [3.8, 4) is 11.5 Å². The Labute approximate surface area is 178 Å². The van der Waals surface area contributed by atoms with Crippen LogP contribution < -0.4 is 14.4 Å². The number of hydrogen-bond acceptors (Lipinski definition) is 6. The quantitative estimate of drug-likeness (QED) is 0.590. The number of aromatic nitrogens is 2. The number of benzene rings is 1. The van der Waals surface area contributed by atoms with Gasteiger partial charge in [-0.3, -0.25) is 9.58 Å². The lowest BCUT2D eigenvalue weighted by atomic mass is 10.1. The summed E-state index contributed by atoms with van der Waals surface area (Å²) in [5.74, 6) is 1.67. The van der Waals surface area contributed by atoms with E-state index in [9.17, 15) is 4.79 Å². The summed E-state index contributed by atoms with van der Waals surface area (Å²) in [7, 11) is 0. The summed E-state index contributed by atoms with van der Waals surface area (Å²) in [6.45, 7) is 6.40. The minimum Gasteiger partial charge on any atom is -0.490 e. The Balaban J connectivity index is 1.52. The Morgan fingerprint density at radius 3 is 2.80 bits per heavy atom. The van der Waals surface area contributed by atoms with Gasteiger partial charge in [-0.05, 0) is 50.8 Å². The second-order valence-corrected chi connectivity index (χ2v) is 8.08. The van der Waals surface area contributed by atoms with Gasteiger partial charge in [0.2, 0.25) is 0 Å². The normalized spacial score (nSPS) is 20.4. The number of carbonyl (C=O) groups excluding carboxylic acids is 1. The van der Waals surface area contributed by atoms with E-state index >= 15 is 0 Å². The molecule has 2 aromatic rings. The van der Waals surface area contributed by atoms with Gasteiger partial charge in [0.15, 0.2) is 11.5 Å². The maximum Gasteiger partial charge on any atom is 0.163 e. The first-order chi connectivity index (χ1) is 14.8. The van der Waals surface area contributed by atoms with Crippen LogP contribution >= 0.6 is 0 Å². The molecule has 1 aromatic heterocycles. The average Bonchev–Trinajstić information content (AvgIpc) is 3.45. The molecule has 1 saturated carbocycles. The van der Waals surface area contributed by atoms with E-state index in [2.05, 4.69) is 27.0 Å². The van der Waals surface area contributed by atoms with E-state index in [1.165, 1.54) is 12.8 Å². The van der Waals surface area contributed by atoms with Gasteiger partial charge >= 0.3 is 0 Å². The van der Waals surface area contributed by atoms with Crippen molar-refractivity contribution < 1.29 is 14.3 Å². The molecule has 2 heterocycles. The Hall–Kier alpha value is -2.54. The van der Waals surface area contributed by atoms with E-state index in [0.717, 1.165) is 62.5 Å². The van der Waals surface area contributed by atoms with Crippen molar-refractivity contribution in [2.24, 2.45) is 0 Å². The smallest absolute Gasteiger partial charge is 0.163 e. The van der Waals surface area contributed by atoms with Gasteiger partial charge in [-0.15, -0.1) is 0 Å². The molecule has 2 fully saturated rings. The third-order valence-corrected chi connectivity index (χ3v) is 6.06. The van der Waals surface area contributed by atoms with Gasteiger partial charge in [-0.1, -0.05) is 0 Å². The molecule has 0 unspecified atom stereocenters. The molecular weight excluding hydrogens is 380 g/mol. The van der Waals surface area contributed by atoms with Crippen molar-refractivity contribution in [1.29, 1.82) is 0 Å². The van der Waals surface area contributed by atoms with Gasteiger partial charge in [-0.2, -0.15) is 5.10 Å². The topological polar surface area (TPSA) is 59.8 Å². The van der Waals surface area contributed by atoms with Crippen LogP contribution in [0.1, 0.15) is 32.6 Å². The van der Waals surface area contributed by atoms with Crippen molar-refractivity contribution >= 4 is 12.0 Å². The van der Waals surface area contributed by atoms with Gasteiger partial charge in [0.1, 0.15) is 6.29 Å². The van der Waals surface area contributed by atoms with Gasteiger partial charge < -0.3 is 19.2 Å². The minimum absolute atomic E-state index is 0.217. The first-order valence-corrected chi connectivity index (χ1v) is 11.1. The number of rotatable bonds is 9. The molecule has 1 saturated heterocycles. The lowest BCUT2D eigenvalue weighted by Gasteiger charge is -2.41. The zero-order valence-corrected chi connectivity index (χ0v) is 17.8. The number of nitrogens with zero attached hydrogens (tertiary/aromatic N) is 4. The molecule has 0 bridgehead atoms. The van der Waals surface area contributed by atoms with Crippen LogP contribution in [0.4, 0.5) is 5.69 Å². The largest absolute Gasteiger partial charge is 0.490 e. The van der Waals surface area contributed by atoms with Gasteiger partial charge in [-0.25, -0.2) is 0 Å². The van der Waals surface area contributed by atoms with Crippen LogP contribution in [-0.4, -0.2) is 65.9 Å². The van der Waals surface area contributed by atoms with Crippen molar-refractivity contribution in [3.63, 3.8) is 0 Å². The fourth-order valence-corrected chi connectivity index (χ4v) is 4.51. The third-order valence-electron chi connectivity index (χ3n) is 6.06. The van der Waals surface area contributed by atoms with Crippen LogP contribution in [0.3, 0.4) is 0 Å². The predicted molar refractivity (Wildman–Crippen MR) is 116 cm³/mol. The standard InChI is InChI=1S/C23H32N4O3/c1-2-29-22-9-8-19(16-23(22)30-21-6-3-4-7-21)26-13-12-25(14-15-28)20(17-26)18-27-11-5-10-24-27/h5,8-11,15-16,20-21H,2-4,6-7,12-14,17-18H2,1H3/t20-/m1/s1.